The molecule has 0 saturated heterocycles. The fourth-order valence-electron chi connectivity index (χ4n) is 3.89. The molecule has 1 unspecified atom stereocenters. The van der Waals surface area contributed by atoms with E-state index in [1.807, 2.05) is 11.1 Å². The van der Waals surface area contributed by atoms with Crippen LogP contribution in [0, 0.1) is 0 Å². The van der Waals surface area contributed by atoms with E-state index in [9.17, 15) is 0 Å². The van der Waals surface area contributed by atoms with Crippen LogP contribution in [0.25, 0.3) is 0 Å². The molecule has 0 bridgehead atoms. The molecule has 2 aliphatic carbocycles. The van der Waals surface area contributed by atoms with E-state index in [4.69, 9.17) is 0 Å². The van der Waals surface area contributed by atoms with E-state index in [0.29, 0.717) is 0 Å². The van der Waals surface area contributed by atoms with Crippen LogP contribution in [-0.2, 0) is 16.6 Å². The third kappa shape index (κ3) is 3.54. The fourth-order valence-corrected chi connectivity index (χ4v) is 10.0. The number of hydrogen-bond donors (Lipinski definition) is 0. The Labute approximate surface area is 125 Å². The van der Waals surface area contributed by atoms with Crippen molar-refractivity contribution in [2.45, 2.75) is 77.7 Å². The van der Waals surface area contributed by atoms with Crippen LogP contribution < -0.4 is 0 Å². The van der Waals surface area contributed by atoms with E-state index in [1.54, 1.807) is 5.57 Å². The van der Waals surface area contributed by atoms with E-state index in [0.717, 1.165) is 4.22 Å². The third-order valence-corrected chi connectivity index (χ3v) is 12.2. The van der Waals surface area contributed by atoms with Gasteiger partial charge in [-0.25, -0.2) is 0 Å². The van der Waals surface area contributed by atoms with E-state index in [1.165, 1.54) is 37.8 Å². The first-order valence-electron chi connectivity index (χ1n) is 8.17. The molecule has 0 spiro atoms. The standard InChI is InChI=1S/C14H23Si.3CH3.Ti/c1-4-15(2,3)11-12-9-13-7-5-6-8-14(13)10-12;;;;/h9-10H,4-8,11H2,1-3H3;3*1H3;. The van der Waals surface area contributed by atoms with Crippen LogP contribution in [0.1, 0.15) is 32.6 Å². The topological polar surface area (TPSA) is 0 Å². The average Bonchev–Trinajstić information content (AvgIpc) is 2.65. The summed E-state index contributed by atoms with van der Waals surface area (Å²) in [6, 6.07) is 2.89. The van der Waals surface area contributed by atoms with Crippen molar-refractivity contribution >= 4 is 8.07 Å². The van der Waals surface area contributed by atoms with Gasteiger partial charge in [0.2, 0.25) is 0 Å². The van der Waals surface area contributed by atoms with Gasteiger partial charge in [0, 0.05) is 0 Å². The maximum atomic E-state index is 2.67. The first-order valence-corrected chi connectivity index (χ1v) is 17.2. The van der Waals surface area contributed by atoms with Gasteiger partial charge in [0.05, 0.1) is 0 Å². The summed E-state index contributed by atoms with van der Waals surface area (Å²) in [5.41, 5.74) is 5.54. The minimum absolute atomic E-state index is 0.939. The molecule has 0 N–H and O–H groups in total. The molecule has 1 atom stereocenters. The van der Waals surface area contributed by atoms with Crippen molar-refractivity contribution in [1.82, 2.24) is 0 Å². The minimum atomic E-state index is -1.64. The zero-order valence-electron chi connectivity index (χ0n) is 13.9. The van der Waals surface area contributed by atoms with Gasteiger partial charge in [0.25, 0.3) is 0 Å². The third-order valence-electron chi connectivity index (χ3n) is 5.14. The van der Waals surface area contributed by atoms with Crippen LogP contribution in [0.2, 0.25) is 45.1 Å². The molecule has 0 heterocycles. The molecule has 0 amide bonds. The molecule has 2 aliphatic rings. The van der Waals surface area contributed by atoms with Crippen molar-refractivity contribution < 1.29 is 16.6 Å². The van der Waals surface area contributed by atoms with Crippen LogP contribution in [0.4, 0.5) is 0 Å². The molecule has 108 valence electrons. The molecule has 0 aromatic rings. The molecule has 2 heteroatoms. The van der Waals surface area contributed by atoms with Gasteiger partial charge in [0.1, 0.15) is 0 Å². The molecular formula is C17H32SiTi. The monoisotopic (exact) mass is 312 g/mol. The zero-order chi connectivity index (χ0) is 14.3. The molecule has 0 saturated carbocycles. The summed E-state index contributed by atoms with van der Waals surface area (Å²) in [4.78, 5) is 0. The normalized spacial score (nSPS) is 24.5. The number of hydrogen-bond acceptors (Lipinski definition) is 0. The summed E-state index contributed by atoms with van der Waals surface area (Å²) in [5.74, 6) is 0. The molecule has 0 fully saturated rings. The zero-order valence-corrected chi connectivity index (χ0v) is 16.5. The van der Waals surface area contributed by atoms with Crippen LogP contribution in [0.3, 0.4) is 0 Å². The summed E-state index contributed by atoms with van der Waals surface area (Å²) in [5, 5.41) is 7.89. The quantitative estimate of drug-likeness (QED) is 0.512. The first kappa shape index (κ1) is 15.8. The SMILES string of the molecule is CC[Si](C)(C)CC1=CC2=C(CCCC2)[CH]1[Ti]([CH3])([CH3])[CH3]. The van der Waals surface area contributed by atoms with Crippen LogP contribution in [-0.4, -0.2) is 8.07 Å². The Morgan fingerprint density at radius 3 is 2.37 bits per heavy atom. The predicted molar refractivity (Wildman–Crippen MR) is 87.7 cm³/mol. The van der Waals surface area contributed by atoms with Crippen molar-refractivity contribution in [3.05, 3.63) is 22.8 Å². The Balaban J connectivity index is 2.29. The molecule has 0 aromatic carbocycles. The summed E-state index contributed by atoms with van der Waals surface area (Å²) >= 11 is -1.64. The Morgan fingerprint density at radius 2 is 1.79 bits per heavy atom. The van der Waals surface area contributed by atoms with E-state index in [-0.39, 0.29) is 0 Å². The maximum absolute atomic E-state index is 2.67. The second kappa shape index (κ2) is 5.66. The molecule has 0 radical (unpaired) electrons. The van der Waals surface area contributed by atoms with E-state index in [2.05, 4.69) is 41.8 Å². The van der Waals surface area contributed by atoms with Crippen LogP contribution >= 0.6 is 0 Å². The second-order valence-corrected chi connectivity index (χ2v) is 22.2. The Kier molecular flexibility index (Phi) is 4.70. The molecule has 0 aromatic heterocycles. The number of rotatable bonds is 4. The Hall–Kier alpha value is 0.411. The van der Waals surface area contributed by atoms with Crippen molar-refractivity contribution in [2.24, 2.45) is 0 Å². The van der Waals surface area contributed by atoms with Gasteiger partial charge in [-0.2, -0.15) is 0 Å². The van der Waals surface area contributed by atoms with Gasteiger partial charge in [0.15, 0.2) is 0 Å². The average molecular weight is 312 g/mol. The first-order chi connectivity index (χ1) is 8.74. The van der Waals surface area contributed by atoms with Crippen molar-refractivity contribution in [1.29, 1.82) is 0 Å². The summed E-state index contributed by atoms with van der Waals surface area (Å²) in [7, 11) is -0.992. The van der Waals surface area contributed by atoms with Crippen molar-refractivity contribution in [3.8, 4) is 0 Å². The fraction of sp³-hybridized carbons (Fsp3) is 0.765. The Morgan fingerprint density at radius 1 is 1.16 bits per heavy atom. The van der Waals surface area contributed by atoms with Gasteiger partial charge in [-0.1, -0.05) is 0 Å². The number of allylic oxidation sites excluding steroid dienone is 4. The van der Waals surface area contributed by atoms with Crippen molar-refractivity contribution in [2.75, 3.05) is 0 Å². The summed E-state index contributed by atoms with van der Waals surface area (Å²) in [6.45, 7) is 7.57. The Bertz CT molecular complexity index is 409. The molecule has 19 heavy (non-hydrogen) atoms. The van der Waals surface area contributed by atoms with E-state index < -0.39 is 24.7 Å². The van der Waals surface area contributed by atoms with Crippen LogP contribution in [0.5, 0.6) is 0 Å². The summed E-state index contributed by atoms with van der Waals surface area (Å²) in [6.07, 6.45) is 8.34. The molecule has 0 aliphatic heterocycles. The predicted octanol–water partition coefficient (Wildman–Crippen LogP) is 6.61. The van der Waals surface area contributed by atoms with E-state index >= 15 is 0 Å². The van der Waals surface area contributed by atoms with Crippen LogP contribution in [0.15, 0.2) is 22.8 Å². The van der Waals surface area contributed by atoms with Gasteiger partial charge in [-0.15, -0.1) is 0 Å². The molecule has 2 rings (SSSR count). The van der Waals surface area contributed by atoms with Gasteiger partial charge >= 0.3 is 125 Å². The summed E-state index contributed by atoms with van der Waals surface area (Å²) < 4.78 is 0.939. The molecular weight excluding hydrogens is 280 g/mol. The molecule has 0 nitrogen and oxygen atoms in total. The van der Waals surface area contributed by atoms with Gasteiger partial charge in [-0.05, 0) is 0 Å². The van der Waals surface area contributed by atoms with Crippen molar-refractivity contribution in [3.63, 3.8) is 0 Å². The second-order valence-electron chi connectivity index (χ2n) is 8.47. The van der Waals surface area contributed by atoms with Gasteiger partial charge < -0.3 is 0 Å². The van der Waals surface area contributed by atoms with Gasteiger partial charge in [-0.3, -0.25) is 0 Å².